The third-order valence-corrected chi connectivity index (χ3v) is 4.60. The van der Waals surface area contributed by atoms with Crippen molar-refractivity contribution in [1.82, 2.24) is 4.57 Å². The van der Waals surface area contributed by atoms with E-state index in [2.05, 4.69) is 5.32 Å². The van der Waals surface area contributed by atoms with Crippen LogP contribution in [-0.2, 0) is 16.1 Å². The van der Waals surface area contributed by atoms with Gasteiger partial charge in [-0.25, -0.2) is 4.79 Å². The number of ketones is 1. The number of hydrogen-bond acceptors (Lipinski definition) is 5. The lowest BCUT2D eigenvalue weighted by Gasteiger charge is -2.10. The van der Waals surface area contributed by atoms with Crippen LogP contribution < -0.4 is 5.32 Å². The van der Waals surface area contributed by atoms with Crippen molar-refractivity contribution in [2.75, 3.05) is 11.9 Å². The number of nitrogens with one attached hydrogen (secondary N) is 1. The predicted molar refractivity (Wildman–Crippen MR) is 107 cm³/mol. The van der Waals surface area contributed by atoms with Crippen LogP contribution in [0.1, 0.15) is 44.8 Å². The van der Waals surface area contributed by atoms with Gasteiger partial charge in [0.1, 0.15) is 5.76 Å². The number of aromatic nitrogens is 1. The highest BCUT2D eigenvalue weighted by Crippen LogP contribution is 2.19. The summed E-state index contributed by atoms with van der Waals surface area (Å²) in [4.78, 5) is 36.3. The summed E-state index contributed by atoms with van der Waals surface area (Å²) in [6.07, 6.45) is 1.60. The van der Waals surface area contributed by atoms with Gasteiger partial charge in [0, 0.05) is 17.0 Å². The van der Waals surface area contributed by atoms with Crippen LogP contribution in [0.4, 0.5) is 5.69 Å². The van der Waals surface area contributed by atoms with E-state index < -0.39 is 18.5 Å². The standard InChI is InChI=1S/C22H22N2O5/c1-14-11-19(15(2)24(14)12-17-7-6-10-28-17)22(27)29-13-21(26)23-20-9-5-4-8-18(20)16(3)25/h4-11H,12-13H2,1-3H3,(H,23,26). The van der Waals surface area contributed by atoms with Crippen LogP contribution in [-0.4, -0.2) is 28.8 Å². The van der Waals surface area contributed by atoms with Gasteiger partial charge in [-0.1, -0.05) is 12.1 Å². The molecule has 1 amide bonds. The summed E-state index contributed by atoms with van der Waals surface area (Å²) in [7, 11) is 0. The lowest BCUT2D eigenvalue weighted by Crippen LogP contribution is -2.22. The second-order valence-electron chi connectivity index (χ2n) is 6.68. The molecule has 150 valence electrons. The van der Waals surface area contributed by atoms with Crippen LogP contribution >= 0.6 is 0 Å². The first-order valence-electron chi connectivity index (χ1n) is 9.13. The maximum absolute atomic E-state index is 12.5. The number of hydrogen-bond donors (Lipinski definition) is 1. The first-order chi connectivity index (χ1) is 13.9. The largest absolute Gasteiger partial charge is 0.467 e. The van der Waals surface area contributed by atoms with E-state index in [0.717, 1.165) is 17.1 Å². The van der Waals surface area contributed by atoms with Gasteiger partial charge in [0.2, 0.25) is 0 Å². The van der Waals surface area contributed by atoms with E-state index >= 15 is 0 Å². The molecule has 0 saturated carbocycles. The van der Waals surface area contributed by atoms with Crippen molar-refractivity contribution in [2.45, 2.75) is 27.3 Å². The average molecular weight is 394 g/mol. The Morgan fingerprint density at radius 3 is 2.52 bits per heavy atom. The second kappa shape index (κ2) is 8.60. The number of carbonyl (C=O) groups excluding carboxylic acids is 3. The van der Waals surface area contributed by atoms with E-state index in [0.29, 0.717) is 23.4 Å². The fourth-order valence-electron chi connectivity index (χ4n) is 3.10. The van der Waals surface area contributed by atoms with Crippen LogP contribution in [0.3, 0.4) is 0 Å². The number of nitrogens with zero attached hydrogens (tertiary/aromatic N) is 1. The Bertz CT molecular complexity index is 1050. The summed E-state index contributed by atoms with van der Waals surface area (Å²) < 4.78 is 12.5. The molecule has 0 aliphatic heterocycles. The fourth-order valence-corrected chi connectivity index (χ4v) is 3.10. The smallest absolute Gasteiger partial charge is 0.340 e. The number of aryl methyl sites for hydroxylation is 1. The number of furan rings is 1. The van der Waals surface area contributed by atoms with Gasteiger partial charge in [-0.05, 0) is 51.1 Å². The maximum Gasteiger partial charge on any atom is 0.340 e. The van der Waals surface area contributed by atoms with Gasteiger partial charge >= 0.3 is 5.97 Å². The minimum Gasteiger partial charge on any atom is -0.467 e. The number of esters is 1. The molecule has 0 radical (unpaired) electrons. The van der Waals surface area contributed by atoms with Crippen LogP contribution in [0.2, 0.25) is 0 Å². The summed E-state index contributed by atoms with van der Waals surface area (Å²) >= 11 is 0. The SMILES string of the molecule is CC(=O)c1ccccc1NC(=O)COC(=O)c1cc(C)n(Cc2ccco2)c1C. The summed E-state index contributed by atoms with van der Waals surface area (Å²) in [6, 6.07) is 12.1. The molecule has 1 aromatic carbocycles. The highest BCUT2D eigenvalue weighted by molar-refractivity contribution is 6.04. The van der Waals surface area contributed by atoms with E-state index in [9.17, 15) is 14.4 Å². The first kappa shape index (κ1) is 20.1. The molecule has 29 heavy (non-hydrogen) atoms. The van der Waals surface area contributed by atoms with Gasteiger partial charge in [0.25, 0.3) is 5.91 Å². The summed E-state index contributed by atoms with van der Waals surface area (Å²) in [5.74, 6) is -0.493. The average Bonchev–Trinajstić information content (AvgIpc) is 3.30. The van der Waals surface area contributed by atoms with Crippen molar-refractivity contribution in [2.24, 2.45) is 0 Å². The van der Waals surface area contributed by atoms with Crippen molar-refractivity contribution >= 4 is 23.3 Å². The molecular formula is C22H22N2O5. The lowest BCUT2D eigenvalue weighted by molar-refractivity contribution is -0.119. The minimum absolute atomic E-state index is 0.165. The Morgan fingerprint density at radius 2 is 1.83 bits per heavy atom. The molecule has 0 bridgehead atoms. The Labute approximate surface area is 168 Å². The number of Topliss-reactive ketones (excluding diaryl/α,β-unsaturated/α-hetero) is 1. The van der Waals surface area contributed by atoms with Gasteiger partial charge in [0.15, 0.2) is 12.4 Å². The maximum atomic E-state index is 12.5. The minimum atomic E-state index is -0.584. The van der Waals surface area contributed by atoms with E-state index in [1.54, 1.807) is 36.6 Å². The molecule has 0 atom stereocenters. The van der Waals surface area contributed by atoms with E-state index in [1.165, 1.54) is 6.92 Å². The number of para-hydroxylation sites is 1. The quantitative estimate of drug-likeness (QED) is 0.487. The molecule has 7 heteroatoms. The highest BCUT2D eigenvalue weighted by Gasteiger charge is 2.19. The number of ether oxygens (including phenoxy) is 1. The topological polar surface area (TPSA) is 90.5 Å². The normalized spacial score (nSPS) is 10.6. The molecule has 0 saturated heterocycles. The molecule has 0 fully saturated rings. The Balaban J connectivity index is 1.64. The Hall–Kier alpha value is -3.61. The molecule has 1 N–H and O–H groups in total. The fraction of sp³-hybridized carbons (Fsp3) is 0.227. The number of amides is 1. The van der Waals surface area contributed by atoms with Crippen LogP contribution in [0, 0.1) is 13.8 Å². The molecule has 7 nitrogen and oxygen atoms in total. The zero-order chi connectivity index (χ0) is 21.0. The lowest BCUT2D eigenvalue weighted by atomic mass is 10.1. The molecule has 0 spiro atoms. The third-order valence-electron chi connectivity index (χ3n) is 4.60. The Morgan fingerprint density at radius 1 is 1.07 bits per heavy atom. The van der Waals surface area contributed by atoms with Crippen molar-refractivity contribution in [3.8, 4) is 0 Å². The second-order valence-corrected chi connectivity index (χ2v) is 6.68. The molecule has 0 unspecified atom stereocenters. The third kappa shape index (κ3) is 4.63. The predicted octanol–water partition coefficient (Wildman–Crippen LogP) is 3.74. The van der Waals surface area contributed by atoms with E-state index in [4.69, 9.17) is 9.15 Å². The van der Waals surface area contributed by atoms with E-state index in [1.807, 2.05) is 30.5 Å². The zero-order valence-electron chi connectivity index (χ0n) is 16.5. The highest BCUT2D eigenvalue weighted by atomic mass is 16.5. The van der Waals surface area contributed by atoms with Gasteiger partial charge in [-0.15, -0.1) is 0 Å². The monoisotopic (exact) mass is 394 g/mol. The summed E-state index contributed by atoms with van der Waals surface area (Å²) in [5, 5.41) is 2.61. The first-order valence-corrected chi connectivity index (χ1v) is 9.13. The van der Waals surface area contributed by atoms with Crippen molar-refractivity contribution in [3.63, 3.8) is 0 Å². The van der Waals surface area contributed by atoms with Gasteiger partial charge in [0.05, 0.1) is 24.1 Å². The number of anilines is 1. The van der Waals surface area contributed by atoms with Gasteiger partial charge in [-0.3, -0.25) is 9.59 Å². The summed E-state index contributed by atoms with van der Waals surface area (Å²) in [5.41, 5.74) is 2.79. The number of rotatable bonds is 7. The number of carbonyl (C=O) groups is 3. The van der Waals surface area contributed by atoms with Crippen molar-refractivity contribution in [1.29, 1.82) is 0 Å². The van der Waals surface area contributed by atoms with Gasteiger partial charge < -0.3 is 19.0 Å². The Kier molecular flexibility index (Phi) is 5.97. The van der Waals surface area contributed by atoms with Gasteiger partial charge in [-0.2, -0.15) is 0 Å². The van der Waals surface area contributed by atoms with E-state index in [-0.39, 0.29) is 5.78 Å². The van der Waals surface area contributed by atoms with Crippen LogP contribution in [0.15, 0.2) is 53.1 Å². The molecule has 0 aliphatic carbocycles. The number of benzene rings is 1. The molecule has 2 heterocycles. The van der Waals surface area contributed by atoms with Crippen molar-refractivity contribution < 1.29 is 23.5 Å². The zero-order valence-corrected chi connectivity index (χ0v) is 16.5. The summed E-state index contributed by atoms with van der Waals surface area (Å²) in [6.45, 7) is 5.17. The molecule has 0 aliphatic rings. The van der Waals surface area contributed by atoms with Crippen LogP contribution in [0.5, 0.6) is 0 Å². The molecule has 2 aromatic heterocycles. The van der Waals surface area contributed by atoms with Crippen molar-refractivity contribution in [3.05, 3.63) is 77.0 Å². The molecule has 3 rings (SSSR count). The molecule has 3 aromatic rings. The molecular weight excluding hydrogens is 372 g/mol. The van der Waals surface area contributed by atoms with Crippen LogP contribution in [0.25, 0.3) is 0 Å².